The van der Waals surface area contributed by atoms with Gasteiger partial charge in [0.25, 0.3) is 0 Å². The number of aliphatic hydroxyl groups is 3. The number of hydrogen-bond acceptors (Lipinski definition) is 7. The van der Waals surface area contributed by atoms with E-state index >= 15 is 0 Å². The minimum absolute atomic E-state index is 0.0890. The Morgan fingerprint density at radius 3 is 2.54 bits per heavy atom. The fourth-order valence-corrected chi connectivity index (χ4v) is 9.65. The predicted octanol–water partition coefficient (Wildman–Crippen LogP) is 4.06. The molecule has 0 radical (unpaired) electrons. The second kappa shape index (κ2) is 10.5. The molecule has 0 amide bonds. The average Bonchev–Trinajstić information content (AvgIpc) is 3.37. The summed E-state index contributed by atoms with van der Waals surface area (Å²) >= 11 is 0. The zero-order valence-corrected chi connectivity index (χ0v) is 24.9. The summed E-state index contributed by atoms with van der Waals surface area (Å²) in [7, 11) is 1.69. The number of allylic oxidation sites excluding steroid dienone is 1. The molecule has 1 aliphatic heterocycles. The summed E-state index contributed by atoms with van der Waals surface area (Å²) in [6, 6.07) is 0. The van der Waals surface area contributed by atoms with E-state index in [4.69, 9.17) is 14.2 Å². The number of rotatable bonds is 8. The Morgan fingerprint density at radius 1 is 1.13 bits per heavy atom. The van der Waals surface area contributed by atoms with Crippen LogP contribution in [0.5, 0.6) is 0 Å². The van der Waals surface area contributed by atoms with Crippen molar-refractivity contribution < 1.29 is 34.3 Å². The van der Waals surface area contributed by atoms with E-state index in [0.717, 1.165) is 44.1 Å². The third-order valence-corrected chi connectivity index (χ3v) is 12.5. The standard InChI is InChI=1S/C32H52O7/c1-19-18-39-27(20(19)2)28(34)31(5,35)26-10-13-32(36)23-17-25(33)24-16-21(38-15-7-14-37-6)8-11-29(24,3)22(23)9-12-30(26,32)4/h17,19-22,24,26-28,34-36H,7-16,18H2,1-6H3. The maximum atomic E-state index is 13.7. The van der Waals surface area contributed by atoms with Crippen molar-refractivity contribution in [2.24, 2.45) is 40.4 Å². The molecular formula is C32H52O7. The third-order valence-electron chi connectivity index (χ3n) is 12.5. The van der Waals surface area contributed by atoms with Gasteiger partial charge in [0.15, 0.2) is 5.78 Å². The molecule has 4 fully saturated rings. The number of fused-ring (bicyclic) bond motifs is 5. The van der Waals surface area contributed by atoms with E-state index in [0.29, 0.717) is 38.6 Å². The van der Waals surface area contributed by atoms with Crippen molar-refractivity contribution in [2.45, 2.75) is 115 Å². The van der Waals surface area contributed by atoms with Crippen molar-refractivity contribution in [3.8, 4) is 0 Å². The van der Waals surface area contributed by atoms with Crippen LogP contribution in [0.4, 0.5) is 0 Å². The Bertz CT molecular complexity index is 962. The topological polar surface area (TPSA) is 105 Å². The van der Waals surface area contributed by atoms with E-state index < -0.39 is 28.8 Å². The molecule has 0 aromatic rings. The lowest BCUT2D eigenvalue weighted by atomic mass is 9.46. The minimum atomic E-state index is -1.42. The fourth-order valence-electron chi connectivity index (χ4n) is 9.65. The van der Waals surface area contributed by atoms with Gasteiger partial charge in [-0.1, -0.05) is 27.7 Å². The van der Waals surface area contributed by atoms with E-state index in [1.165, 1.54) is 0 Å². The zero-order chi connectivity index (χ0) is 28.4. The molecule has 12 atom stereocenters. The molecular weight excluding hydrogens is 496 g/mol. The second-order valence-electron chi connectivity index (χ2n) is 14.4. The summed E-state index contributed by atoms with van der Waals surface area (Å²) in [6.45, 7) is 12.2. The van der Waals surface area contributed by atoms with Gasteiger partial charge in [0.05, 0.1) is 23.4 Å². The van der Waals surface area contributed by atoms with Crippen LogP contribution in [-0.2, 0) is 19.0 Å². The first-order valence-electron chi connectivity index (χ1n) is 15.4. The first-order chi connectivity index (χ1) is 18.3. The largest absolute Gasteiger partial charge is 0.387 e. The minimum Gasteiger partial charge on any atom is -0.387 e. The van der Waals surface area contributed by atoms with E-state index in [-0.39, 0.29) is 41.0 Å². The SMILES string of the molecule is COCCCOC1CCC2(C)C(C1)C(=O)C=C1C2CCC2(C)C(C(C)(O)C(O)C3OCC(C)C3C)CCC12O. The highest BCUT2D eigenvalue weighted by atomic mass is 16.5. The Labute approximate surface area is 234 Å². The lowest BCUT2D eigenvalue weighted by Crippen LogP contribution is -2.63. The number of methoxy groups -OCH3 is 1. The molecule has 5 rings (SSSR count). The Kier molecular flexibility index (Phi) is 7.96. The molecule has 12 unspecified atom stereocenters. The molecule has 1 saturated heterocycles. The van der Waals surface area contributed by atoms with E-state index in [9.17, 15) is 20.1 Å². The van der Waals surface area contributed by atoms with Gasteiger partial charge in [-0.3, -0.25) is 4.79 Å². The van der Waals surface area contributed by atoms with Gasteiger partial charge in [0.2, 0.25) is 0 Å². The van der Waals surface area contributed by atoms with Gasteiger partial charge in [0.1, 0.15) is 6.10 Å². The first-order valence-corrected chi connectivity index (χ1v) is 15.4. The van der Waals surface area contributed by atoms with Crippen LogP contribution in [0.1, 0.15) is 86.0 Å². The summed E-state index contributed by atoms with van der Waals surface area (Å²) in [5, 5.41) is 35.9. The van der Waals surface area contributed by atoms with Crippen LogP contribution in [-0.4, -0.2) is 77.5 Å². The third kappa shape index (κ3) is 4.49. The second-order valence-corrected chi connectivity index (χ2v) is 14.4. The number of ether oxygens (including phenoxy) is 3. The molecule has 0 spiro atoms. The molecule has 222 valence electrons. The van der Waals surface area contributed by atoms with Crippen LogP contribution in [0.2, 0.25) is 0 Å². The van der Waals surface area contributed by atoms with Crippen LogP contribution in [0, 0.1) is 40.4 Å². The highest BCUT2D eigenvalue weighted by Gasteiger charge is 2.69. The van der Waals surface area contributed by atoms with Gasteiger partial charge in [-0.25, -0.2) is 0 Å². The number of aliphatic hydroxyl groups excluding tert-OH is 1. The van der Waals surface area contributed by atoms with Crippen molar-refractivity contribution in [3.05, 3.63) is 11.6 Å². The molecule has 4 aliphatic carbocycles. The van der Waals surface area contributed by atoms with Gasteiger partial charge in [-0.05, 0) is 99.0 Å². The van der Waals surface area contributed by atoms with Crippen LogP contribution in [0.25, 0.3) is 0 Å². The summed E-state index contributed by atoms with van der Waals surface area (Å²) in [5.41, 5.74) is -2.55. The van der Waals surface area contributed by atoms with Crippen molar-refractivity contribution in [3.63, 3.8) is 0 Å². The smallest absolute Gasteiger partial charge is 0.159 e. The summed E-state index contributed by atoms with van der Waals surface area (Å²) < 4.78 is 17.2. The monoisotopic (exact) mass is 548 g/mol. The van der Waals surface area contributed by atoms with Gasteiger partial charge in [-0.2, -0.15) is 0 Å². The van der Waals surface area contributed by atoms with Crippen molar-refractivity contribution >= 4 is 5.78 Å². The number of ketones is 1. The number of carbonyl (C=O) groups excluding carboxylic acids is 1. The highest BCUT2D eigenvalue weighted by Crippen LogP contribution is 2.68. The van der Waals surface area contributed by atoms with Crippen LogP contribution < -0.4 is 0 Å². The maximum Gasteiger partial charge on any atom is 0.159 e. The molecule has 5 aliphatic rings. The molecule has 0 bridgehead atoms. The maximum absolute atomic E-state index is 13.7. The van der Waals surface area contributed by atoms with Gasteiger partial charge >= 0.3 is 0 Å². The summed E-state index contributed by atoms with van der Waals surface area (Å²) in [4.78, 5) is 13.7. The molecule has 0 aromatic heterocycles. The molecule has 39 heavy (non-hydrogen) atoms. The number of hydrogen-bond donors (Lipinski definition) is 3. The van der Waals surface area contributed by atoms with Crippen molar-refractivity contribution in [1.82, 2.24) is 0 Å². The molecule has 0 aromatic carbocycles. The molecule has 7 nitrogen and oxygen atoms in total. The quantitative estimate of drug-likeness (QED) is 0.393. The van der Waals surface area contributed by atoms with Gasteiger partial charge in [-0.15, -0.1) is 0 Å². The molecule has 7 heteroatoms. The van der Waals surface area contributed by atoms with E-state index in [2.05, 4.69) is 27.7 Å². The Morgan fingerprint density at radius 2 is 1.87 bits per heavy atom. The van der Waals surface area contributed by atoms with E-state index in [1.807, 2.05) is 0 Å². The lowest BCUT2D eigenvalue weighted by Gasteiger charge is -2.60. The normalized spacial score (nSPS) is 48.1. The van der Waals surface area contributed by atoms with Crippen LogP contribution in [0.15, 0.2) is 11.6 Å². The average molecular weight is 549 g/mol. The van der Waals surface area contributed by atoms with Crippen LogP contribution in [0.3, 0.4) is 0 Å². The van der Waals surface area contributed by atoms with E-state index in [1.54, 1.807) is 20.1 Å². The van der Waals surface area contributed by atoms with Gasteiger partial charge < -0.3 is 29.5 Å². The zero-order valence-electron chi connectivity index (χ0n) is 24.9. The Hall–Kier alpha value is -0.830. The van der Waals surface area contributed by atoms with Gasteiger partial charge in [0, 0.05) is 38.3 Å². The molecule has 3 N–H and O–H groups in total. The van der Waals surface area contributed by atoms with Crippen LogP contribution >= 0.6 is 0 Å². The van der Waals surface area contributed by atoms with Crippen molar-refractivity contribution in [1.29, 1.82) is 0 Å². The highest BCUT2D eigenvalue weighted by molar-refractivity contribution is 5.95. The number of carbonyl (C=O) groups is 1. The summed E-state index contributed by atoms with van der Waals surface area (Å²) in [5.74, 6) is 0.320. The molecule has 1 heterocycles. The predicted molar refractivity (Wildman–Crippen MR) is 148 cm³/mol. The summed E-state index contributed by atoms with van der Waals surface area (Å²) in [6.07, 6.45) is 6.55. The Balaban J connectivity index is 1.38. The first kappa shape index (κ1) is 29.7. The van der Waals surface area contributed by atoms with Crippen molar-refractivity contribution in [2.75, 3.05) is 26.9 Å². The fraction of sp³-hybridized carbons (Fsp3) is 0.906. The molecule has 3 saturated carbocycles. The lowest BCUT2D eigenvalue weighted by molar-refractivity contribution is -0.193.